The summed E-state index contributed by atoms with van der Waals surface area (Å²) in [6, 6.07) is 2.12. The Morgan fingerprint density at radius 1 is 1.35 bits per heavy atom. The summed E-state index contributed by atoms with van der Waals surface area (Å²) in [4.78, 5) is 6.70. The van der Waals surface area contributed by atoms with Gasteiger partial charge in [-0.1, -0.05) is 0 Å². The summed E-state index contributed by atoms with van der Waals surface area (Å²) in [6.07, 6.45) is 8.62. The number of hydrogen-bond donors (Lipinski definition) is 0. The SMILES string of the molecule is CCOc1cncc(C2=CN3CCC2CC3)c1. The average molecular weight is 230 g/mol. The van der Waals surface area contributed by atoms with Gasteiger partial charge in [0.1, 0.15) is 5.75 Å². The van der Waals surface area contributed by atoms with Gasteiger partial charge in [0.2, 0.25) is 0 Å². The quantitative estimate of drug-likeness (QED) is 0.798. The number of rotatable bonds is 3. The van der Waals surface area contributed by atoms with Crippen molar-refractivity contribution in [2.24, 2.45) is 5.92 Å². The molecule has 3 heteroatoms. The summed E-state index contributed by atoms with van der Waals surface area (Å²) in [7, 11) is 0. The first-order chi connectivity index (χ1) is 8.36. The molecule has 3 aliphatic heterocycles. The van der Waals surface area contributed by atoms with Crippen molar-refractivity contribution in [3.8, 4) is 5.75 Å². The maximum absolute atomic E-state index is 5.51. The third kappa shape index (κ3) is 2.02. The molecule has 0 atom stereocenters. The number of pyridine rings is 1. The number of nitrogens with zero attached hydrogens (tertiary/aromatic N) is 2. The Morgan fingerprint density at radius 3 is 2.82 bits per heavy atom. The highest BCUT2D eigenvalue weighted by molar-refractivity contribution is 5.68. The lowest BCUT2D eigenvalue weighted by atomic mass is 9.83. The summed E-state index contributed by atoms with van der Waals surface area (Å²) in [5, 5.41) is 0. The summed E-state index contributed by atoms with van der Waals surface area (Å²) in [6.45, 7) is 5.12. The van der Waals surface area contributed by atoms with Crippen LogP contribution in [-0.2, 0) is 0 Å². The fourth-order valence-electron chi connectivity index (χ4n) is 2.77. The van der Waals surface area contributed by atoms with Gasteiger partial charge in [-0.2, -0.15) is 0 Å². The molecule has 0 N–H and O–H groups in total. The molecule has 0 radical (unpaired) electrons. The molecule has 4 rings (SSSR count). The molecule has 17 heavy (non-hydrogen) atoms. The lowest BCUT2D eigenvalue weighted by Gasteiger charge is -2.39. The molecule has 3 aliphatic rings. The second-order valence-electron chi connectivity index (χ2n) is 4.74. The van der Waals surface area contributed by atoms with E-state index in [4.69, 9.17) is 4.74 Å². The predicted octanol–water partition coefficient (Wildman–Crippen LogP) is 2.55. The van der Waals surface area contributed by atoms with Crippen LogP contribution in [0.4, 0.5) is 0 Å². The van der Waals surface area contributed by atoms with E-state index in [0.717, 1.165) is 11.7 Å². The van der Waals surface area contributed by atoms with E-state index in [2.05, 4.69) is 22.2 Å². The maximum atomic E-state index is 5.51. The van der Waals surface area contributed by atoms with Gasteiger partial charge < -0.3 is 9.64 Å². The largest absolute Gasteiger partial charge is 0.492 e. The van der Waals surface area contributed by atoms with Gasteiger partial charge in [-0.15, -0.1) is 0 Å². The van der Waals surface area contributed by atoms with Gasteiger partial charge >= 0.3 is 0 Å². The third-order valence-corrected chi connectivity index (χ3v) is 3.65. The average Bonchev–Trinajstić information content (AvgIpc) is 2.41. The summed E-state index contributed by atoms with van der Waals surface area (Å²) >= 11 is 0. The lowest BCUT2D eigenvalue weighted by molar-refractivity contribution is 0.252. The second kappa shape index (κ2) is 4.40. The molecule has 1 saturated heterocycles. The normalized spacial score (nSPS) is 19.4. The number of aromatic nitrogens is 1. The molecule has 2 bridgehead atoms. The monoisotopic (exact) mass is 230 g/mol. The Hall–Kier alpha value is -1.51. The first-order valence-corrected chi connectivity index (χ1v) is 6.41. The van der Waals surface area contributed by atoms with Crippen molar-refractivity contribution in [3.05, 3.63) is 30.2 Å². The molecular weight excluding hydrogens is 212 g/mol. The van der Waals surface area contributed by atoms with Gasteiger partial charge in [-0.05, 0) is 37.3 Å². The van der Waals surface area contributed by atoms with Crippen molar-refractivity contribution in [1.29, 1.82) is 0 Å². The molecule has 0 saturated carbocycles. The fourth-order valence-corrected chi connectivity index (χ4v) is 2.77. The van der Waals surface area contributed by atoms with E-state index in [-0.39, 0.29) is 0 Å². The lowest BCUT2D eigenvalue weighted by Crippen LogP contribution is -2.35. The predicted molar refractivity (Wildman–Crippen MR) is 67.7 cm³/mol. The van der Waals surface area contributed by atoms with Crippen LogP contribution in [0.3, 0.4) is 0 Å². The maximum Gasteiger partial charge on any atom is 0.138 e. The standard InChI is InChI=1S/C14H18N2O/c1-2-17-13-7-12(8-15-9-13)14-10-16-5-3-11(14)4-6-16/h7-11H,2-6H2,1H3. The Labute approximate surface area is 102 Å². The smallest absolute Gasteiger partial charge is 0.138 e. The second-order valence-corrected chi connectivity index (χ2v) is 4.74. The Bertz CT molecular complexity index is 434. The Balaban J connectivity index is 1.91. The highest BCUT2D eigenvalue weighted by Gasteiger charge is 2.27. The highest BCUT2D eigenvalue weighted by atomic mass is 16.5. The topological polar surface area (TPSA) is 25.4 Å². The Morgan fingerprint density at radius 2 is 2.18 bits per heavy atom. The molecular formula is C14H18N2O. The van der Waals surface area contributed by atoms with E-state index in [9.17, 15) is 0 Å². The minimum absolute atomic E-state index is 0.694. The van der Waals surface area contributed by atoms with Crippen LogP contribution in [0.5, 0.6) is 5.75 Å². The van der Waals surface area contributed by atoms with Crippen LogP contribution in [-0.4, -0.2) is 29.6 Å². The molecule has 1 fully saturated rings. The fraction of sp³-hybridized carbons (Fsp3) is 0.500. The van der Waals surface area contributed by atoms with Crippen LogP contribution < -0.4 is 4.74 Å². The van der Waals surface area contributed by atoms with Gasteiger partial charge in [0, 0.05) is 31.0 Å². The molecule has 3 nitrogen and oxygen atoms in total. The molecule has 1 aromatic rings. The van der Waals surface area contributed by atoms with Crippen molar-refractivity contribution < 1.29 is 4.74 Å². The first-order valence-electron chi connectivity index (χ1n) is 6.41. The van der Waals surface area contributed by atoms with Crippen molar-refractivity contribution in [2.45, 2.75) is 19.8 Å². The van der Waals surface area contributed by atoms with Gasteiger partial charge in [0.05, 0.1) is 12.8 Å². The number of piperidine rings is 1. The van der Waals surface area contributed by atoms with Gasteiger partial charge in [0.15, 0.2) is 0 Å². The van der Waals surface area contributed by atoms with Crippen molar-refractivity contribution >= 4 is 5.57 Å². The molecule has 0 amide bonds. The third-order valence-electron chi connectivity index (χ3n) is 3.65. The van der Waals surface area contributed by atoms with E-state index in [1.54, 1.807) is 6.20 Å². The van der Waals surface area contributed by atoms with E-state index in [1.807, 2.05) is 13.1 Å². The van der Waals surface area contributed by atoms with Gasteiger partial charge in [-0.25, -0.2) is 0 Å². The van der Waals surface area contributed by atoms with Gasteiger partial charge in [0.25, 0.3) is 0 Å². The molecule has 0 aliphatic carbocycles. The van der Waals surface area contributed by atoms with E-state index in [0.29, 0.717) is 6.61 Å². The van der Waals surface area contributed by atoms with E-state index >= 15 is 0 Å². The molecule has 90 valence electrons. The number of hydrogen-bond acceptors (Lipinski definition) is 3. The zero-order valence-electron chi connectivity index (χ0n) is 10.2. The van der Waals surface area contributed by atoms with Crippen LogP contribution >= 0.6 is 0 Å². The Kier molecular flexibility index (Phi) is 2.75. The van der Waals surface area contributed by atoms with Crippen LogP contribution in [0.15, 0.2) is 24.7 Å². The molecule has 0 unspecified atom stereocenters. The van der Waals surface area contributed by atoms with Crippen molar-refractivity contribution in [1.82, 2.24) is 9.88 Å². The first kappa shape index (κ1) is 10.6. The molecule has 1 aromatic heterocycles. The van der Waals surface area contributed by atoms with Gasteiger partial charge in [-0.3, -0.25) is 4.98 Å². The minimum Gasteiger partial charge on any atom is -0.492 e. The summed E-state index contributed by atoms with van der Waals surface area (Å²) in [5.41, 5.74) is 2.67. The molecule has 0 spiro atoms. The number of allylic oxidation sites excluding steroid dienone is 1. The minimum atomic E-state index is 0.694. The van der Waals surface area contributed by atoms with Crippen molar-refractivity contribution in [2.75, 3.05) is 19.7 Å². The zero-order chi connectivity index (χ0) is 11.7. The zero-order valence-corrected chi connectivity index (χ0v) is 10.2. The number of fused-ring (bicyclic) bond motifs is 2. The van der Waals surface area contributed by atoms with E-state index < -0.39 is 0 Å². The van der Waals surface area contributed by atoms with Crippen LogP contribution in [0.1, 0.15) is 25.3 Å². The highest BCUT2D eigenvalue weighted by Crippen LogP contribution is 2.37. The van der Waals surface area contributed by atoms with Crippen molar-refractivity contribution in [3.63, 3.8) is 0 Å². The molecule has 0 aromatic carbocycles. The molecule has 4 heterocycles. The summed E-state index contributed by atoms with van der Waals surface area (Å²) < 4.78 is 5.51. The number of ether oxygens (including phenoxy) is 1. The van der Waals surface area contributed by atoms with E-state index in [1.165, 1.54) is 37.1 Å². The van der Waals surface area contributed by atoms with Crippen LogP contribution in [0, 0.1) is 5.92 Å². The van der Waals surface area contributed by atoms with Crippen LogP contribution in [0.25, 0.3) is 5.57 Å². The van der Waals surface area contributed by atoms with Crippen LogP contribution in [0.2, 0.25) is 0 Å². The summed E-state index contributed by atoms with van der Waals surface area (Å²) in [5.74, 6) is 1.60.